The monoisotopic (exact) mass is 302 g/mol. The van der Waals surface area contributed by atoms with E-state index < -0.39 is 0 Å². The topological polar surface area (TPSA) is 51.0 Å². The van der Waals surface area contributed by atoms with Crippen LogP contribution in [-0.4, -0.2) is 44.6 Å². The molecule has 0 bridgehead atoms. The van der Waals surface area contributed by atoms with Gasteiger partial charge in [-0.15, -0.1) is 16.9 Å². The molecule has 1 fully saturated rings. The predicted molar refractivity (Wildman–Crippen MR) is 82.7 cm³/mol. The average Bonchev–Trinajstić information content (AvgIpc) is 2.96. The fraction of sp³-hybridized carbons (Fsp3) is 0.400. The number of carbonyl (C=O) groups is 1. The Morgan fingerprint density at radius 3 is 2.81 bits per heavy atom. The zero-order valence-corrected chi connectivity index (χ0v) is 12.6. The van der Waals surface area contributed by atoms with E-state index in [1.165, 1.54) is 5.56 Å². The molecule has 2 heterocycles. The summed E-state index contributed by atoms with van der Waals surface area (Å²) in [4.78, 5) is 14.0. The second-order valence-electron chi connectivity index (χ2n) is 5.27. The van der Waals surface area contributed by atoms with Gasteiger partial charge in [-0.25, -0.2) is 0 Å². The van der Waals surface area contributed by atoms with Crippen LogP contribution >= 0.6 is 11.8 Å². The fourth-order valence-corrected chi connectivity index (χ4v) is 3.29. The number of hydrogen-bond acceptors (Lipinski definition) is 4. The highest BCUT2D eigenvalue weighted by Gasteiger charge is 2.30. The van der Waals surface area contributed by atoms with Crippen molar-refractivity contribution >= 4 is 17.7 Å². The van der Waals surface area contributed by atoms with Gasteiger partial charge in [-0.2, -0.15) is 0 Å². The molecule has 3 rings (SSSR count). The van der Waals surface area contributed by atoms with Crippen LogP contribution in [0.1, 0.15) is 5.56 Å². The Balaban J connectivity index is 1.34. The predicted octanol–water partition coefficient (Wildman–Crippen LogP) is 1.67. The maximum Gasteiger partial charge on any atom is 0.232 e. The van der Waals surface area contributed by atoms with E-state index in [-0.39, 0.29) is 5.91 Å². The van der Waals surface area contributed by atoms with Gasteiger partial charge in [0.15, 0.2) is 0 Å². The van der Waals surface area contributed by atoms with E-state index in [0.29, 0.717) is 11.7 Å². The Morgan fingerprint density at radius 1 is 1.29 bits per heavy atom. The first kappa shape index (κ1) is 14.1. The lowest BCUT2D eigenvalue weighted by atomic mass is 10.0. The van der Waals surface area contributed by atoms with Crippen molar-refractivity contribution in [2.24, 2.45) is 5.92 Å². The molecule has 21 heavy (non-hydrogen) atoms. The molecule has 2 aromatic rings. The molecule has 0 radical (unpaired) electrons. The van der Waals surface area contributed by atoms with Crippen LogP contribution in [0.2, 0.25) is 0 Å². The quantitative estimate of drug-likeness (QED) is 0.814. The van der Waals surface area contributed by atoms with Crippen molar-refractivity contribution in [3.05, 3.63) is 48.3 Å². The Hall–Kier alpha value is -1.82. The highest BCUT2D eigenvalue weighted by Crippen LogP contribution is 2.19. The second kappa shape index (κ2) is 6.76. The molecule has 0 N–H and O–H groups in total. The number of benzene rings is 1. The van der Waals surface area contributed by atoms with Crippen molar-refractivity contribution in [3.63, 3.8) is 0 Å². The molecule has 110 valence electrons. The summed E-state index contributed by atoms with van der Waals surface area (Å²) in [6, 6.07) is 10.3. The molecule has 1 aromatic carbocycles. The Kier molecular flexibility index (Phi) is 4.55. The summed E-state index contributed by atoms with van der Waals surface area (Å²) in [5.41, 5.74) is 1.27. The Bertz CT molecular complexity index is 567. The van der Waals surface area contributed by atoms with E-state index in [1.54, 1.807) is 18.0 Å². The number of aromatic nitrogens is 3. The Morgan fingerprint density at radius 2 is 2.10 bits per heavy atom. The first-order valence-electron chi connectivity index (χ1n) is 7.05. The molecule has 0 spiro atoms. The van der Waals surface area contributed by atoms with Gasteiger partial charge >= 0.3 is 0 Å². The van der Waals surface area contributed by atoms with Crippen LogP contribution in [0, 0.1) is 5.92 Å². The van der Waals surface area contributed by atoms with Crippen molar-refractivity contribution in [1.82, 2.24) is 19.9 Å². The highest BCUT2D eigenvalue weighted by molar-refractivity contribution is 7.99. The maximum absolute atomic E-state index is 12.0. The molecule has 1 aliphatic rings. The molecule has 1 saturated heterocycles. The minimum absolute atomic E-state index is 0.241. The van der Waals surface area contributed by atoms with Gasteiger partial charge in [0.05, 0.1) is 11.9 Å². The number of thioether (sulfide) groups is 1. The fourth-order valence-electron chi connectivity index (χ4n) is 2.41. The van der Waals surface area contributed by atoms with E-state index in [9.17, 15) is 4.79 Å². The SMILES string of the molecule is O=C(CSCc1ccccc1)N1CC(Cn2ccnn2)C1. The van der Waals surface area contributed by atoms with E-state index >= 15 is 0 Å². The molecule has 5 nitrogen and oxygen atoms in total. The number of amides is 1. The lowest BCUT2D eigenvalue weighted by molar-refractivity contribution is -0.134. The van der Waals surface area contributed by atoms with Crippen molar-refractivity contribution in [3.8, 4) is 0 Å². The van der Waals surface area contributed by atoms with Gasteiger partial charge in [-0.1, -0.05) is 35.5 Å². The third-order valence-electron chi connectivity index (χ3n) is 3.56. The van der Waals surface area contributed by atoms with Crippen LogP contribution in [0.25, 0.3) is 0 Å². The lowest BCUT2D eigenvalue weighted by Gasteiger charge is -2.39. The molecular formula is C15H18N4OS. The molecule has 0 atom stereocenters. The summed E-state index contributed by atoms with van der Waals surface area (Å²) in [6.45, 7) is 2.52. The molecule has 0 unspecified atom stereocenters. The van der Waals surface area contributed by atoms with Crippen LogP contribution in [0.4, 0.5) is 0 Å². The van der Waals surface area contributed by atoms with Crippen LogP contribution < -0.4 is 0 Å². The van der Waals surface area contributed by atoms with Gasteiger partial charge in [0.1, 0.15) is 0 Å². The summed E-state index contributed by atoms with van der Waals surface area (Å²) in [7, 11) is 0. The number of carbonyl (C=O) groups excluding carboxylic acids is 1. The van der Waals surface area contributed by atoms with Crippen LogP contribution in [0.5, 0.6) is 0 Å². The average molecular weight is 302 g/mol. The number of hydrogen-bond donors (Lipinski definition) is 0. The summed E-state index contributed by atoms with van der Waals surface area (Å²) in [6.07, 6.45) is 3.54. The van der Waals surface area contributed by atoms with Crippen molar-refractivity contribution < 1.29 is 4.79 Å². The zero-order valence-electron chi connectivity index (χ0n) is 11.8. The lowest BCUT2D eigenvalue weighted by Crippen LogP contribution is -2.52. The van der Waals surface area contributed by atoms with E-state index in [1.807, 2.05) is 34.0 Å². The molecular weight excluding hydrogens is 284 g/mol. The maximum atomic E-state index is 12.0. The van der Waals surface area contributed by atoms with Gasteiger partial charge in [-0.3, -0.25) is 9.48 Å². The molecule has 1 aliphatic heterocycles. The van der Waals surface area contributed by atoms with E-state index in [4.69, 9.17) is 0 Å². The van der Waals surface area contributed by atoms with Gasteiger partial charge in [0.25, 0.3) is 0 Å². The van der Waals surface area contributed by atoms with Gasteiger partial charge in [-0.05, 0) is 5.56 Å². The normalized spacial score (nSPS) is 15.0. The Labute approximate surface area is 128 Å². The third kappa shape index (κ3) is 3.85. The second-order valence-corrected chi connectivity index (χ2v) is 6.25. The van der Waals surface area contributed by atoms with Crippen molar-refractivity contribution in [1.29, 1.82) is 0 Å². The van der Waals surface area contributed by atoms with Crippen LogP contribution in [0.3, 0.4) is 0 Å². The van der Waals surface area contributed by atoms with Gasteiger partial charge in [0.2, 0.25) is 5.91 Å². The minimum Gasteiger partial charge on any atom is -0.341 e. The van der Waals surface area contributed by atoms with Crippen molar-refractivity contribution in [2.75, 3.05) is 18.8 Å². The molecule has 6 heteroatoms. The van der Waals surface area contributed by atoms with Crippen LogP contribution in [0.15, 0.2) is 42.7 Å². The largest absolute Gasteiger partial charge is 0.341 e. The molecule has 1 aromatic heterocycles. The number of nitrogens with zero attached hydrogens (tertiary/aromatic N) is 4. The van der Waals surface area contributed by atoms with Gasteiger partial charge in [0, 0.05) is 37.5 Å². The summed E-state index contributed by atoms with van der Waals surface area (Å²) < 4.78 is 1.83. The number of likely N-dealkylation sites (tertiary alicyclic amines) is 1. The standard InChI is InChI=1S/C15H18N4OS/c20-15(12-21-11-13-4-2-1-3-5-13)18-8-14(9-18)10-19-7-6-16-17-19/h1-7,14H,8-12H2. The highest BCUT2D eigenvalue weighted by atomic mass is 32.2. The van der Waals surface area contributed by atoms with Gasteiger partial charge < -0.3 is 4.90 Å². The third-order valence-corrected chi connectivity index (χ3v) is 4.55. The first-order chi connectivity index (χ1) is 10.3. The van der Waals surface area contributed by atoms with Crippen molar-refractivity contribution in [2.45, 2.75) is 12.3 Å². The summed E-state index contributed by atoms with van der Waals surface area (Å²) in [5.74, 6) is 2.20. The zero-order chi connectivity index (χ0) is 14.5. The number of rotatable bonds is 6. The van der Waals surface area contributed by atoms with Crippen LogP contribution in [-0.2, 0) is 17.1 Å². The van der Waals surface area contributed by atoms with E-state index in [2.05, 4.69) is 22.4 Å². The van der Waals surface area contributed by atoms with E-state index in [0.717, 1.165) is 25.4 Å². The summed E-state index contributed by atoms with van der Waals surface area (Å²) in [5, 5.41) is 7.74. The molecule has 0 aliphatic carbocycles. The summed E-state index contributed by atoms with van der Waals surface area (Å²) >= 11 is 1.68. The first-order valence-corrected chi connectivity index (χ1v) is 8.20. The molecule has 0 saturated carbocycles. The smallest absolute Gasteiger partial charge is 0.232 e. The minimum atomic E-state index is 0.241. The molecule has 1 amide bonds.